The molecule has 0 aliphatic heterocycles. The molecule has 0 aromatic heterocycles. The van der Waals surface area contributed by atoms with Gasteiger partial charge in [-0.15, -0.1) is 0 Å². The highest BCUT2D eigenvalue weighted by molar-refractivity contribution is 5.63. The summed E-state index contributed by atoms with van der Waals surface area (Å²) in [5.41, 5.74) is 3.39. The minimum Gasteiger partial charge on any atom is -0.496 e. The molecule has 1 aromatic rings. The first kappa shape index (κ1) is 12.6. The average molecular weight is 219 g/mol. The average Bonchev–Trinajstić information content (AvgIpc) is 2.26. The molecule has 0 aliphatic carbocycles. The Morgan fingerprint density at radius 1 is 1.31 bits per heavy atom. The molecule has 0 aliphatic rings. The quantitative estimate of drug-likeness (QED) is 0.770. The number of ether oxygens (including phenoxy) is 1. The zero-order valence-electron chi connectivity index (χ0n) is 10.9. The van der Waals surface area contributed by atoms with Gasteiger partial charge in [0, 0.05) is 19.8 Å². The summed E-state index contributed by atoms with van der Waals surface area (Å²) in [7, 11) is 5.71. The highest BCUT2D eigenvalue weighted by Crippen LogP contribution is 2.29. The maximum Gasteiger partial charge on any atom is 0.122 e. The fourth-order valence-electron chi connectivity index (χ4n) is 1.62. The molecule has 0 amide bonds. The van der Waals surface area contributed by atoms with Crippen LogP contribution in [0.3, 0.4) is 0 Å². The van der Waals surface area contributed by atoms with Gasteiger partial charge in [-0.1, -0.05) is 20.4 Å². The Hall–Kier alpha value is -1.44. The van der Waals surface area contributed by atoms with Crippen molar-refractivity contribution in [3.63, 3.8) is 0 Å². The number of hydrogen-bond acceptors (Lipinski definition) is 2. The lowest BCUT2D eigenvalue weighted by Gasteiger charge is -2.19. The predicted octanol–water partition coefficient (Wildman–Crippen LogP) is 3.35. The van der Waals surface area contributed by atoms with Crippen LogP contribution in [-0.4, -0.2) is 26.1 Å². The Labute approximate surface area is 98.5 Å². The minimum atomic E-state index is 0.449. The summed E-state index contributed by atoms with van der Waals surface area (Å²) in [6, 6.07) is 6.22. The minimum absolute atomic E-state index is 0.449. The van der Waals surface area contributed by atoms with Crippen LogP contribution in [0.15, 0.2) is 24.8 Å². The van der Waals surface area contributed by atoms with Crippen molar-refractivity contribution in [1.29, 1.82) is 0 Å². The van der Waals surface area contributed by atoms with Crippen molar-refractivity contribution in [3.05, 3.63) is 35.9 Å². The van der Waals surface area contributed by atoms with Gasteiger partial charge in [-0.2, -0.15) is 0 Å². The SMILES string of the molecule is C=C(c1ccc(OC)c(C(C)C)c1)N(C)C. The first-order valence-corrected chi connectivity index (χ1v) is 5.52. The van der Waals surface area contributed by atoms with Gasteiger partial charge < -0.3 is 9.64 Å². The van der Waals surface area contributed by atoms with E-state index in [0.717, 1.165) is 17.0 Å². The van der Waals surface area contributed by atoms with Crippen molar-refractivity contribution < 1.29 is 4.74 Å². The van der Waals surface area contributed by atoms with Crippen molar-refractivity contribution in [2.24, 2.45) is 0 Å². The molecule has 0 saturated carbocycles. The van der Waals surface area contributed by atoms with Crippen LogP contribution >= 0.6 is 0 Å². The maximum atomic E-state index is 5.36. The molecule has 16 heavy (non-hydrogen) atoms. The highest BCUT2D eigenvalue weighted by Gasteiger charge is 2.10. The van der Waals surface area contributed by atoms with E-state index >= 15 is 0 Å². The summed E-state index contributed by atoms with van der Waals surface area (Å²) in [5.74, 6) is 1.40. The number of benzene rings is 1. The summed E-state index contributed by atoms with van der Waals surface area (Å²) < 4.78 is 5.36. The Balaban J connectivity index is 3.17. The van der Waals surface area contributed by atoms with Crippen LogP contribution in [0.1, 0.15) is 30.9 Å². The van der Waals surface area contributed by atoms with Crippen LogP contribution in [0.2, 0.25) is 0 Å². The third kappa shape index (κ3) is 2.57. The van der Waals surface area contributed by atoms with E-state index in [9.17, 15) is 0 Å². The van der Waals surface area contributed by atoms with E-state index < -0.39 is 0 Å². The maximum absolute atomic E-state index is 5.36. The molecule has 0 heterocycles. The first-order valence-electron chi connectivity index (χ1n) is 5.52. The van der Waals surface area contributed by atoms with E-state index in [2.05, 4.69) is 26.5 Å². The van der Waals surface area contributed by atoms with Crippen LogP contribution < -0.4 is 4.74 Å². The normalized spacial score (nSPS) is 10.4. The van der Waals surface area contributed by atoms with Gasteiger partial charge >= 0.3 is 0 Å². The second kappa shape index (κ2) is 5.06. The lowest BCUT2D eigenvalue weighted by atomic mass is 9.98. The zero-order valence-corrected chi connectivity index (χ0v) is 10.9. The third-order valence-electron chi connectivity index (χ3n) is 2.72. The second-order valence-electron chi connectivity index (χ2n) is 4.45. The van der Waals surface area contributed by atoms with E-state index in [1.807, 2.05) is 31.1 Å². The van der Waals surface area contributed by atoms with Gasteiger partial charge in [0.05, 0.1) is 7.11 Å². The van der Waals surface area contributed by atoms with Gasteiger partial charge in [0.2, 0.25) is 0 Å². The van der Waals surface area contributed by atoms with Crippen molar-refractivity contribution in [3.8, 4) is 5.75 Å². The smallest absolute Gasteiger partial charge is 0.122 e. The van der Waals surface area contributed by atoms with Crippen LogP contribution in [0.5, 0.6) is 5.75 Å². The molecule has 1 aromatic carbocycles. The van der Waals surface area contributed by atoms with Gasteiger partial charge in [-0.25, -0.2) is 0 Å². The van der Waals surface area contributed by atoms with Crippen molar-refractivity contribution in [2.75, 3.05) is 21.2 Å². The summed E-state index contributed by atoms with van der Waals surface area (Å²) in [5, 5.41) is 0. The summed E-state index contributed by atoms with van der Waals surface area (Å²) in [4.78, 5) is 2.02. The summed E-state index contributed by atoms with van der Waals surface area (Å²) in [6.07, 6.45) is 0. The molecule has 0 bridgehead atoms. The molecule has 0 radical (unpaired) electrons. The lowest BCUT2D eigenvalue weighted by molar-refractivity contribution is 0.407. The molecule has 2 nitrogen and oxygen atoms in total. The van der Waals surface area contributed by atoms with Gasteiger partial charge in [-0.05, 0) is 35.2 Å². The van der Waals surface area contributed by atoms with Crippen LogP contribution in [-0.2, 0) is 0 Å². The van der Waals surface area contributed by atoms with Crippen molar-refractivity contribution in [2.45, 2.75) is 19.8 Å². The van der Waals surface area contributed by atoms with E-state index in [1.165, 1.54) is 5.56 Å². The monoisotopic (exact) mass is 219 g/mol. The number of methoxy groups -OCH3 is 1. The standard InChI is InChI=1S/C14H21NO/c1-10(2)13-9-12(11(3)15(4)5)7-8-14(13)16-6/h7-10H,3H2,1-2,4-6H3. The summed E-state index contributed by atoms with van der Waals surface area (Å²) >= 11 is 0. The molecule has 0 unspecified atom stereocenters. The predicted molar refractivity (Wildman–Crippen MR) is 69.8 cm³/mol. The first-order chi connectivity index (χ1) is 7.47. The van der Waals surface area contributed by atoms with Gasteiger partial charge in [0.15, 0.2) is 0 Å². The number of rotatable bonds is 4. The zero-order chi connectivity index (χ0) is 12.3. The van der Waals surface area contributed by atoms with Gasteiger partial charge in [0.1, 0.15) is 5.75 Å². The van der Waals surface area contributed by atoms with Crippen molar-refractivity contribution >= 4 is 5.70 Å². The van der Waals surface area contributed by atoms with E-state index in [4.69, 9.17) is 4.74 Å². The molecule has 0 N–H and O–H groups in total. The molecule has 88 valence electrons. The highest BCUT2D eigenvalue weighted by atomic mass is 16.5. The molecular formula is C14H21NO. The Morgan fingerprint density at radius 2 is 1.94 bits per heavy atom. The van der Waals surface area contributed by atoms with Crippen LogP contribution in [0.25, 0.3) is 5.70 Å². The van der Waals surface area contributed by atoms with E-state index in [0.29, 0.717) is 5.92 Å². The summed E-state index contributed by atoms with van der Waals surface area (Å²) in [6.45, 7) is 8.40. The molecule has 1 rings (SSSR count). The molecule has 0 spiro atoms. The van der Waals surface area contributed by atoms with Crippen LogP contribution in [0, 0.1) is 0 Å². The molecule has 0 atom stereocenters. The third-order valence-corrected chi connectivity index (χ3v) is 2.72. The fraction of sp³-hybridized carbons (Fsp3) is 0.429. The number of hydrogen-bond donors (Lipinski definition) is 0. The topological polar surface area (TPSA) is 12.5 Å². The van der Waals surface area contributed by atoms with Gasteiger partial charge in [-0.3, -0.25) is 0 Å². The Morgan fingerprint density at radius 3 is 2.38 bits per heavy atom. The Bertz CT molecular complexity index is 380. The van der Waals surface area contributed by atoms with Crippen LogP contribution in [0.4, 0.5) is 0 Å². The molecule has 0 saturated heterocycles. The van der Waals surface area contributed by atoms with E-state index in [1.54, 1.807) is 7.11 Å². The van der Waals surface area contributed by atoms with E-state index in [-0.39, 0.29) is 0 Å². The fourth-order valence-corrected chi connectivity index (χ4v) is 1.62. The molecule has 2 heteroatoms. The molecule has 0 fully saturated rings. The van der Waals surface area contributed by atoms with Gasteiger partial charge in [0.25, 0.3) is 0 Å². The second-order valence-corrected chi connectivity index (χ2v) is 4.45. The van der Waals surface area contributed by atoms with Crippen molar-refractivity contribution in [1.82, 2.24) is 4.90 Å². The molecular weight excluding hydrogens is 198 g/mol. The largest absolute Gasteiger partial charge is 0.496 e. The Kier molecular flexibility index (Phi) is 3.99. The number of nitrogens with zero attached hydrogens (tertiary/aromatic N) is 1. The lowest BCUT2D eigenvalue weighted by Crippen LogP contribution is -2.09.